The minimum Gasteiger partial charge on any atom is -0.122 e. The zero-order valence-corrected chi connectivity index (χ0v) is 10.1. The lowest BCUT2D eigenvalue weighted by atomic mass is 9.98. The van der Waals surface area contributed by atoms with Gasteiger partial charge in [0.15, 0.2) is 0 Å². The first-order chi connectivity index (χ1) is 6.54. The van der Waals surface area contributed by atoms with E-state index < -0.39 is 0 Å². The van der Waals surface area contributed by atoms with Crippen LogP contribution in [0, 0.1) is 20.8 Å². The standard InChI is InChI=1S/C13H17Cl/c1-9-5-11(3)13(12(4)6-9)7-10(2)8-14/h5-7H,8H2,1-4H3. The predicted molar refractivity (Wildman–Crippen MR) is 65.0 cm³/mol. The van der Waals surface area contributed by atoms with Crippen LogP contribution in [0.2, 0.25) is 0 Å². The zero-order valence-electron chi connectivity index (χ0n) is 9.32. The number of hydrogen-bond acceptors (Lipinski definition) is 0. The monoisotopic (exact) mass is 208 g/mol. The molecule has 0 aliphatic rings. The van der Waals surface area contributed by atoms with E-state index in [1.54, 1.807) is 0 Å². The number of alkyl halides is 1. The summed E-state index contributed by atoms with van der Waals surface area (Å²) in [6.45, 7) is 8.48. The molecule has 1 heteroatoms. The lowest BCUT2D eigenvalue weighted by Gasteiger charge is -2.08. The fourth-order valence-corrected chi connectivity index (χ4v) is 1.78. The maximum atomic E-state index is 5.77. The number of halogens is 1. The molecule has 0 saturated carbocycles. The molecule has 0 spiro atoms. The minimum atomic E-state index is 0.604. The average Bonchev–Trinajstić information content (AvgIpc) is 2.10. The third-order valence-corrected chi connectivity index (χ3v) is 2.76. The van der Waals surface area contributed by atoms with Crippen molar-refractivity contribution in [1.29, 1.82) is 0 Å². The van der Waals surface area contributed by atoms with Crippen molar-refractivity contribution in [2.24, 2.45) is 0 Å². The Balaban J connectivity index is 3.21. The molecule has 0 aliphatic carbocycles. The molecule has 0 aromatic heterocycles. The van der Waals surface area contributed by atoms with Crippen LogP contribution in [-0.2, 0) is 0 Å². The number of allylic oxidation sites excluding steroid dienone is 1. The average molecular weight is 209 g/mol. The lowest BCUT2D eigenvalue weighted by molar-refractivity contribution is 1.29. The normalized spacial score (nSPS) is 11.9. The van der Waals surface area contributed by atoms with Gasteiger partial charge in [-0.3, -0.25) is 0 Å². The molecular weight excluding hydrogens is 192 g/mol. The van der Waals surface area contributed by atoms with Gasteiger partial charge in [0.05, 0.1) is 0 Å². The molecule has 0 atom stereocenters. The van der Waals surface area contributed by atoms with Gasteiger partial charge in [-0.1, -0.05) is 29.3 Å². The Labute approximate surface area is 91.6 Å². The largest absolute Gasteiger partial charge is 0.122 e. The van der Waals surface area contributed by atoms with E-state index in [9.17, 15) is 0 Å². The summed E-state index contributed by atoms with van der Waals surface area (Å²) in [5.41, 5.74) is 6.50. The quantitative estimate of drug-likeness (QED) is 0.638. The van der Waals surface area contributed by atoms with Crippen molar-refractivity contribution in [3.05, 3.63) is 40.0 Å². The second kappa shape index (κ2) is 4.65. The first-order valence-electron chi connectivity index (χ1n) is 4.85. The molecule has 0 aliphatic heterocycles. The van der Waals surface area contributed by atoms with Crippen molar-refractivity contribution in [1.82, 2.24) is 0 Å². The highest BCUT2D eigenvalue weighted by molar-refractivity contribution is 6.19. The van der Waals surface area contributed by atoms with Gasteiger partial charge in [-0.15, -0.1) is 11.6 Å². The summed E-state index contributed by atoms with van der Waals surface area (Å²) in [6, 6.07) is 4.42. The van der Waals surface area contributed by atoms with E-state index >= 15 is 0 Å². The molecule has 0 unspecified atom stereocenters. The molecule has 14 heavy (non-hydrogen) atoms. The Bertz CT molecular complexity index is 338. The third kappa shape index (κ3) is 2.62. The van der Waals surface area contributed by atoms with Gasteiger partial charge in [0.1, 0.15) is 0 Å². The molecular formula is C13H17Cl. The summed E-state index contributed by atoms with van der Waals surface area (Å²) < 4.78 is 0. The van der Waals surface area contributed by atoms with Gasteiger partial charge in [0.25, 0.3) is 0 Å². The second-order valence-electron chi connectivity index (χ2n) is 3.94. The summed E-state index contributed by atoms with van der Waals surface area (Å²) in [7, 11) is 0. The van der Waals surface area contributed by atoms with Gasteiger partial charge < -0.3 is 0 Å². The van der Waals surface area contributed by atoms with Crippen molar-refractivity contribution in [3.63, 3.8) is 0 Å². The first kappa shape index (κ1) is 11.3. The van der Waals surface area contributed by atoms with E-state index in [1.165, 1.54) is 27.8 Å². The molecule has 0 radical (unpaired) electrons. The summed E-state index contributed by atoms with van der Waals surface area (Å²) in [5.74, 6) is 0.604. The van der Waals surface area contributed by atoms with Crippen molar-refractivity contribution in [2.45, 2.75) is 27.7 Å². The number of hydrogen-bond donors (Lipinski definition) is 0. The van der Waals surface area contributed by atoms with Crippen molar-refractivity contribution in [3.8, 4) is 0 Å². The number of aryl methyl sites for hydroxylation is 3. The van der Waals surface area contributed by atoms with Gasteiger partial charge in [0, 0.05) is 5.88 Å². The smallest absolute Gasteiger partial charge is 0.0434 e. The molecule has 76 valence electrons. The highest BCUT2D eigenvalue weighted by Gasteiger charge is 2.01. The minimum absolute atomic E-state index is 0.604. The molecule has 1 aromatic rings. The Morgan fingerprint density at radius 1 is 1.21 bits per heavy atom. The first-order valence-corrected chi connectivity index (χ1v) is 5.39. The van der Waals surface area contributed by atoms with E-state index in [-0.39, 0.29) is 0 Å². The molecule has 0 N–H and O–H groups in total. The predicted octanol–water partition coefficient (Wildman–Crippen LogP) is 4.25. The van der Waals surface area contributed by atoms with Crippen molar-refractivity contribution < 1.29 is 0 Å². The molecule has 1 rings (SSSR count). The lowest BCUT2D eigenvalue weighted by Crippen LogP contribution is -1.90. The Morgan fingerprint density at radius 2 is 1.71 bits per heavy atom. The molecule has 0 heterocycles. The van der Waals surface area contributed by atoms with Crippen LogP contribution in [0.25, 0.3) is 6.08 Å². The zero-order chi connectivity index (χ0) is 10.7. The van der Waals surface area contributed by atoms with Gasteiger partial charge >= 0.3 is 0 Å². The van der Waals surface area contributed by atoms with E-state index in [1.807, 2.05) is 0 Å². The molecule has 0 amide bonds. The van der Waals surface area contributed by atoms with Crippen LogP contribution in [0.3, 0.4) is 0 Å². The molecule has 1 aromatic carbocycles. The highest BCUT2D eigenvalue weighted by Crippen LogP contribution is 2.19. The van der Waals surface area contributed by atoms with Gasteiger partial charge in [-0.05, 0) is 44.4 Å². The highest BCUT2D eigenvalue weighted by atomic mass is 35.5. The summed E-state index contributed by atoms with van der Waals surface area (Å²) >= 11 is 5.77. The van der Waals surface area contributed by atoms with Crippen LogP contribution in [0.5, 0.6) is 0 Å². The van der Waals surface area contributed by atoms with Crippen LogP contribution in [0.4, 0.5) is 0 Å². The maximum Gasteiger partial charge on any atom is 0.0434 e. The van der Waals surface area contributed by atoms with Gasteiger partial charge in [0.2, 0.25) is 0 Å². The van der Waals surface area contributed by atoms with Crippen molar-refractivity contribution >= 4 is 17.7 Å². The van der Waals surface area contributed by atoms with Crippen molar-refractivity contribution in [2.75, 3.05) is 5.88 Å². The number of benzene rings is 1. The topological polar surface area (TPSA) is 0 Å². The summed E-state index contributed by atoms with van der Waals surface area (Å²) in [6.07, 6.45) is 2.18. The van der Waals surface area contributed by atoms with Crippen LogP contribution >= 0.6 is 11.6 Å². The Morgan fingerprint density at radius 3 is 2.14 bits per heavy atom. The fraction of sp³-hybridized carbons (Fsp3) is 0.385. The van der Waals surface area contributed by atoms with E-state index in [0.717, 1.165) is 0 Å². The molecule has 0 fully saturated rings. The number of rotatable bonds is 2. The molecule has 0 saturated heterocycles. The van der Waals surface area contributed by atoms with Crippen LogP contribution in [0.1, 0.15) is 29.2 Å². The second-order valence-corrected chi connectivity index (χ2v) is 4.20. The fourth-order valence-electron chi connectivity index (χ4n) is 1.70. The third-order valence-electron chi connectivity index (χ3n) is 2.34. The van der Waals surface area contributed by atoms with Crippen LogP contribution < -0.4 is 0 Å². The Kier molecular flexibility index (Phi) is 3.77. The van der Waals surface area contributed by atoms with E-state index in [4.69, 9.17) is 11.6 Å². The van der Waals surface area contributed by atoms with Crippen LogP contribution in [0.15, 0.2) is 17.7 Å². The Hall–Kier alpha value is -0.750. The summed E-state index contributed by atoms with van der Waals surface area (Å²) in [4.78, 5) is 0. The van der Waals surface area contributed by atoms with Gasteiger partial charge in [-0.2, -0.15) is 0 Å². The molecule has 0 nitrogen and oxygen atoms in total. The van der Waals surface area contributed by atoms with E-state index in [0.29, 0.717) is 5.88 Å². The van der Waals surface area contributed by atoms with Crippen LogP contribution in [-0.4, -0.2) is 5.88 Å². The van der Waals surface area contributed by atoms with E-state index in [2.05, 4.69) is 45.9 Å². The summed E-state index contributed by atoms with van der Waals surface area (Å²) in [5, 5.41) is 0. The molecule has 0 bridgehead atoms. The SMILES string of the molecule is CC(=Cc1c(C)cc(C)cc1C)CCl. The maximum absolute atomic E-state index is 5.77. The van der Waals surface area contributed by atoms with Gasteiger partial charge in [-0.25, -0.2) is 0 Å².